The van der Waals surface area contributed by atoms with Gasteiger partial charge in [0.2, 0.25) is 5.75 Å². The third-order valence-electron chi connectivity index (χ3n) is 6.44. The van der Waals surface area contributed by atoms with E-state index in [0.29, 0.717) is 0 Å². The second-order valence-electron chi connectivity index (χ2n) is 9.77. The highest BCUT2D eigenvalue weighted by molar-refractivity contribution is 6.02. The van der Waals surface area contributed by atoms with Crippen LogP contribution in [0.15, 0.2) is 41.0 Å². The minimum absolute atomic E-state index is 0.0670. The van der Waals surface area contributed by atoms with E-state index in [0.717, 1.165) is 36.2 Å². The van der Waals surface area contributed by atoms with Crippen molar-refractivity contribution in [1.82, 2.24) is 4.90 Å². The zero-order valence-electron chi connectivity index (χ0n) is 22.9. The van der Waals surface area contributed by atoms with Crippen molar-refractivity contribution >= 4 is 17.8 Å². The first-order valence-corrected chi connectivity index (χ1v) is 12.7. The van der Waals surface area contributed by atoms with Crippen molar-refractivity contribution in [2.45, 2.75) is 78.8 Å². The summed E-state index contributed by atoms with van der Waals surface area (Å²) in [5.74, 6) is -3.16. The first-order chi connectivity index (χ1) is 18.0. The lowest BCUT2D eigenvalue weighted by Gasteiger charge is -2.23. The van der Waals surface area contributed by atoms with Crippen molar-refractivity contribution in [3.05, 3.63) is 52.1 Å². The predicted molar refractivity (Wildman–Crippen MR) is 144 cm³/mol. The van der Waals surface area contributed by atoms with Gasteiger partial charge < -0.3 is 29.7 Å². The molecule has 0 bridgehead atoms. The fourth-order valence-electron chi connectivity index (χ4n) is 4.23. The lowest BCUT2D eigenvalue weighted by molar-refractivity contribution is -0.143. The van der Waals surface area contributed by atoms with Gasteiger partial charge in [0.05, 0.1) is 19.2 Å². The molecule has 9 nitrogen and oxygen atoms in total. The summed E-state index contributed by atoms with van der Waals surface area (Å²) in [6, 6.07) is 0.0820. The van der Waals surface area contributed by atoms with Gasteiger partial charge in [-0.25, -0.2) is 4.79 Å². The molecule has 1 heterocycles. The molecule has 0 fully saturated rings. The van der Waals surface area contributed by atoms with Crippen LogP contribution in [0.2, 0.25) is 0 Å². The van der Waals surface area contributed by atoms with E-state index < -0.39 is 30.3 Å². The SMILES string of the molecule is COc1cc2c(c(O)c1OC/C=C(\C)CC/C=C(/C)CCC=C(C)C)CN([C@H](CCC(=O)O)C(=O)O)C2=O. The van der Waals surface area contributed by atoms with Gasteiger partial charge in [0.1, 0.15) is 12.6 Å². The Hall–Kier alpha value is -3.75. The van der Waals surface area contributed by atoms with Crippen LogP contribution in [0.3, 0.4) is 0 Å². The number of hydrogen-bond donors (Lipinski definition) is 3. The van der Waals surface area contributed by atoms with Crippen molar-refractivity contribution in [3.8, 4) is 17.2 Å². The number of carboxylic acids is 2. The van der Waals surface area contributed by atoms with Gasteiger partial charge in [-0.15, -0.1) is 0 Å². The van der Waals surface area contributed by atoms with Gasteiger partial charge in [-0.2, -0.15) is 0 Å². The number of aromatic hydroxyl groups is 1. The molecule has 208 valence electrons. The highest BCUT2D eigenvalue weighted by Crippen LogP contribution is 2.45. The van der Waals surface area contributed by atoms with E-state index in [9.17, 15) is 24.6 Å². The number of phenolic OH excluding ortho intramolecular Hbond substituents is 1. The van der Waals surface area contributed by atoms with Crippen LogP contribution in [0.1, 0.15) is 82.1 Å². The van der Waals surface area contributed by atoms with E-state index in [1.807, 2.05) is 13.0 Å². The molecule has 0 saturated heterocycles. The van der Waals surface area contributed by atoms with E-state index >= 15 is 0 Å². The van der Waals surface area contributed by atoms with E-state index in [1.54, 1.807) is 0 Å². The summed E-state index contributed by atoms with van der Waals surface area (Å²) in [5.41, 5.74) is 4.14. The number of ether oxygens (including phenoxy) is 2. The molecule has 0 saturated carbocycles. The summed E-state index contributed by atoms with van der Waals surface area (Å²) in [6.45, 7) is 8.34. The minimum atomic E-state index is -1.34. The number of nitrogens with zero attached hydrogens (tertiary/aromatic N) is 1. The third-order valence-corrected chi connectivity index (χ3v) is 6.44. The fourth-order valence-corrected chi connectivity index (χ4v) is 4.23. The third kappa shape index (κ3) is 8.39. The number of benzene rings is 1. The van der Waals surface area contributed by atoms with Crippen LogP contribution < -0.4 is 9.47 Å². The smallest absolute Gasteiger partial charge is 0.326 e. The van der Waals surface area contributed by atoms with Crippen LogP contribution in [-0.4, -0.2) is 57.8 Å². The Morgan fingerprint density at radius 3 is 2.24 bits per heavy atom. The number of carbonyl (C=O) groups excluding carboxylic acids is 1. The van der Waals surface area contributed by atoms with Crippen LogP contribution in [0.5, 0.6) is 17.2 Å². The number of aliphatic carboxylic acids is 2. The maximum absolute atomic E-state index is 12.9. The lowest BCUT2D eigenvalue weighted by atomic mass is 10.1. The fraction of sp³-hybridized carbons (Fsp3) is 0.483. The Morgan fingerprint density at radius 1 is 1.03 bits per heavy atom. The highest BCUT2D eigenvalue weighted by Gasteiger charge is 2.39. The molecule has 1 aromatic carbocycles. The van der Waals surface area contributed by atoms with E-state index in [4.69, 9.17) is 14.6 Å². The number of carboxylic acid groups (broad SMARTS) is 2. The second-order valence-corrected chi connectivity index (χ2v) is 9.77. The lowest BCUT2D eigenvalue weighted by Crippen LogP contribution is -2.41. The van der Waals surface area contributed by atoms with Crippen molar-refractivity contribution in [2.24, 2.45) is 0 Å². The van der Waals surface area contributed by atoms with Gasteiger partial charge in [0.15, 0.2) is 11.5 Å². The van der Waals surface area contributed by atoms with E-state index in [-0.39, 0.29) is 47.9 Å². The van der Waals surface area contributed by atoms with Crippen molar-refractivity contribution in [2.75, 3.05) is 13.7 Å². The minimum Gasteiger partial charge on any atom is -0.504 e. The highest BCUT2D eigenvalue weighted by atomic mass is 16.5. The molecule has 38 heavy (non-hydrogen) atoms. The summed E-state index contributed by atoms with van der Waals surface area (Å²) in [4.78, 5) is 36.7. The predicted octanol–water partition coefficient (Wildman–Crippen LogP) is 5.47. The number of phenols is 1. The zero-order valence-corrected chi connectivity index (χ0v) is 22.9. The van der Waals surface area contributed by atoms with Gasteiger partial charge in [-0.1, -0.05) is 28.9 Å². The van der Waals surface area contributed by atoms with Crippen molar-refractivity contribution < 1.29 is 39.2 Å². The summed E-state index contributed by atoms with van der Waals surface area (Å²) >= 11 is 0. The van der Waals surface area contributed by atoms with Gasteiger partial charge in [-0.3, -0.25) is 9.59 Å². The first kappa shape index (κ1) is 30.5. The summed E-state index contributed by atoms with van der Waals surface area (Å²) in [7, 11) is 1.38. The Morgan fingerprint density at radius 2 is 1.66 bits per heavy atom. The molecule has 1 aliphatic rings. The summed E-state index contributed by atoms with van der Waals surface area (Å²) < 4.78 is 11.2. The van der Waals surface area contributed by atoms with Crippen LogP contribution in [0, 0.1) is 0 Å². The Balaban J connectivity index is 2.08. The zero-order chi connectivity index (χ0) is 28.4. The Bertz CT molecular complexity index is 1130. The van der Waals surface area contributed by atoms with Crippen LogP contribution in [0.4, 0.5) is 0 Å². The molecule has 0 unspecified atom stereocenters. The molecule has 1 aromatic rings. The first-order valence-electron chi connectivity index (χ1n) is 12.7. The number of hydrogen-bond acceptors (Lipinski definition) is 6. The molecule has 0 spiro atoms. The quantitative estimate of drug-likeness (QED) is 0.255. The van der Waals surface area contributed by atoms with Crippen molar-refractivity contribution in [3.63, 3.8) is 0 Å². The van der Waals surface area contributed by atoms with E-state index in [2.05, 4.69) is 32.9 Å². The van der Waals surface area contributed by atoms with Gasteiger partial charge in [-0.05, 0) is 71.9 Å². The molecule has 0 radical (unpaired) electrons. The average molecular weight is 530 g/mol. The monoisotopic (exact) mass is 529 g/mol. The molecule has 9 heteroatoms. The maximum atomic E-state index is 12.9. The summed E-state index contributed by atoms with van der Waals surface area (Å²) in [5, 5.41) is 29.4. The second kappa shape index (κ2) is 14.3. The maximum Gasteiger partial charge on any atom is 0.326 e. The van der Waals surface area contributed by atoms with Gasteiger partial charge >= 0.3 is 11.9 Å². The number of allylic oxidation sites excluding steroid dienone is 5. The molecule has 3 N–H and O–H groups in total. The molecule has 1 atom stereocenters. The molecular formula is C29H39NO8. The van der Waals surface area contributed by atoms with Gasteiger partial charge in [0.25, 0.3) is 5.91 Å². The number of methoxy groups -OCH3 is 1. The van der Waals surface area contributed by atoms with Crippen LogP contribution in [0.25, 0.3) is 0 Å². The Kier molecular flexibility index (Phi) is 11.4. The number of fused-ring (bicyclic) bond motifs is 1. The number of carbonyl (C=O) groups is 3. The number of rotatable bonds is 15. The molecule has 0 aliphatic carbocycles. The van der Waals surface area contributed by atoms with Crippen molar-refractivity contribution in [1.29, 1.82) is 0 Å². The largest absolute Gasteiger partial charge is 0.504 e. The number of amides is 1. The molecule has 1 amide bonds. The molecule has 1 aliphatic heterocycles. The van der Waals surface area contributed by atoms with Crippen LogP contribution >= 0.6 is 0 Å². The van der Waals surface area contributed by atoms with Crippen LogP contribution in [-0.2, 0) is 16.1 Å². The molecule has 0 aromatic heterocycles. The topological polar surface area (TPSA) is 134 Å². The average Bonchev–Trinajstić information content (AvgIpc) is 3.16. The summed E-state index contributed by atoms with van der Waals surface area (Å²) in [6.07, 6.45) is 9.62. The molecular weight excluding hydrogens is 490 g/mol. The normalized spacial score (nSPS) is 14.2. The van der Waals surface area contributed by atoms with E-state index in [1.165, 1.54) is 24.3 Å². The Labute approximate surface area is 224 Å². The standard InChI is InChI=1S/C29H39NO8/c1-18(2)8-6-9-19(3)10-7-11-20(4)14-15-38-27-24(37-5)16-21-22(26(27)33)17-30(28(21)34)23(29(35)36)12-13-25(31)32/h8,10,14,16,23,33H,6-7,9,11-13,15,17H2,1-5H3,(H,31,32)(H,35,36)/b19-10-,20-14+/t23-/m1/s1. The van der Waals surface area contributed by atoms with Gasteiger partial charge in [0, 0.05) is 12.0 Å². The molecule has 2 rings (SSSR count).